The molecule has 0 aromatic heterocycles. The summed E-state index contributed by atoms with van der Waals surface area (Å²) in [5.41, 5.74) is 0.478. The van der Waals surface area contributed by atoms with Gasteiger partial charge in [-0.1, -0.05) is 11.6 Å². The van der Waals surface area contributed by atoms with Crippen molar-refractivity contribution in [2.24, 2.45) is 0 Å². The predicted octanol–water partition coefficient (Wildman–Crippen LogP) is 1.93. The van der Waals surface area contributed by atoms with E-state index in [0.717, 1.165) is 0 Å². The maximum atomic E-state index is 12.3. The van der Waals surface area contributed by atoms with Crippen molar-refractivity contribution in [2.75, 3.05) is 38.8 Å². The molecule has 2 amide bonds. The molecule has 1 aromatic rings. The minimum Gasteiger partial charge on any atom is -0.480 e. The highest BCUT2D eigenvalue weighted by Crippen LogP contribution is 2.19. The summed E-state index contributed by atoms with van der Waals surface area (Å²) in [4.78, 5) is 25.8. The van der Waals surface area contributed by atoms with Crippen molar-refractivity contribution < 1.29 is 19.4 Å². The van der Waals surface area contributed by atoms with Crippen molar-refractivity contribution in [3.63, 3.8) is 0 Å². The average molecular weight is 301 g/mol. The van der Waals surface area contributed by atoms with Crippen LogP contribution in [0.1, 0.15) is 0 Å². The highest BCUT2D eigenvalue weighted by atomic mass is 35.5. The molecule has 7 heteroatoms. The van der Waals surface area contributed by atoms with E-state index in [1.807, 2.05) is 0 Å². The molecular weight excluding hydrogens is 284 g/mol. The second-order valence-corrected chi connectivity index (χ2v) is 4.59. The molecule has 0 aliphatic rings. The van der Waals surface area contributed by atoms with E-state index in [9.17, 15) is 9.59 Å². The summed E-state index contributed by atoms with van der Waals surface area (Å²) >= 11 is 5.79. The molecule has 0 saturated heterocycles. The summed E-state index contributed by atoms with van der Waals surface area (Å²) in [5, 5.41) is 9.46. The van der Waals surface area contributed by atoms with Crippen LogP contribution in [0.2, 0.25) is 5.02 Å². The van der Waals surface area contributed by atoms with Crippen LogP contribution >= 0.6 is 11.6 Å². The number of halogens is 1. The number of carbonyl (C=O) groups excluding carboxylic acids is 1. The molecule has 0 spiro atoms. The van der Waals surface area contributed by atoms with Crippen molar-refractivity contribution in [3.8, 4) is 0 Å². The van der Waals surface area contributed by atoms with Crippen LogP contribution in [0.3, 0.4) is 0 Å². The van der Waals surface area contributed by atoms with Crippen LogP contribution in [-0.2, 0) is 9.53 Å². The van der Waals surface area contributed by atoms with Crippen molar-refractivity contribution in [1.29, 1.82) is 0 Å². The zero-order valence-electron chi connectivity index (χ0n) is 11.4. The van der Waals surface area contributed by atoms with Gasteiger partial charge in [-0.15, -0.1) is 0 Å². The summed E-state index contributed by atoms with van der Waals surface area (Å²) in [6, 6.07) is 6.01. The van der Waals surface area contributed by atoms with Crippen LogP contribution in [0.25, 0.3) is 0 Å². The Labute approximate surface area is 122 Å². The van der Waals surface area contributed by atoms with Gasteiger partial charge in [0.2, 0.25) is 0 Å². The molecule has 0 bridgehead atoms. The van der Waals surface area contributed by atoms with Gasteiger partial charge in [0, 0.05) is 31.4 Å². The van der Waals surface area contributed by atoms with E-state index >= 15 is 0 Å². The summed E-state index contributed by atoms with van der Waals surface area (Å²) in [6.45, 7) is 0.334. The van der Waals surface area contributed by atoms with Crippen LogP contribution in [0.4, 0.5) is 10.5 Å². The van der Waals surface area contributed by atoms with Gasteiger partial charge in [-0.2, -0.15) is 0 Å². The van der Waals surface area contributed by atoms with E-state index in [4.69, 9.17) is 21.4 Å². The highest BCUT2D eigenvalue weighted by Gasteiger charge is 2.22. The Balaban J connectivity index is 2.91. The molecule has 110 valence electrons. The Bertz CT molecular complexity index is 464. The lowest BCUT2D eigenvalue weighted by atomic mass is 10.3. The summed E-state index contributed by atoms with van der Waals surface area (Å²) in [6.07, 6.45) is 0. The first-order valence-electron chi connectivity index (χ1n) is 5.94. The zero-order chi connectivity index (χ0) is 15.1. The van der Waals surface area contributed by atoms with E-state index in [2.05, 4.69) is 0 Å². The number of carboxylic acid groups (broad SMARTS) is 1. The number of hydrogen-bond acceptors (Lipinski definition) is 3. The van der Waals surface area contributed by atoms with Gasteiger partial charge >= 0.3 is 12.0 Å². The standard InChI is InChI=1S/C13H17ClN2O4/c1-15(7-8-20-2)13(19)16(9-12(17)18)11-5-3-10(14)4-6-11/h3-6H,7-9H2,1-2H3,(H,17,18). The molecule has 0 aliphatic heterocycles. The zero-order valence-corrected chi connectivity index (χ0v) is 12.1. The molecule has 1 aromatic carbocycles. The number of likely N-dealkylation sites (N-methyl/N-ethyl adjacent to an activating group) is 1. The SMILES string of the molecule is COCCN(C)C(=O)N(CC(=O)O)c1ccc(Cl)cc1. The second-order valence-electron chi connectivity index (χ2n) is 4.15. The second kappa shape index (κ2) is 7.72. The van der Waals surface area contributed by atoms with Crippen LogP contribution in [0.5, 0.6) is 0 Å². The number of carbonyl (C=O) groups is 2. The third-order valence-electron chi connectivity index (χ3n) is 2.62. The number of hydrogen-bond donors (Lipinski definition) is 1. The van der Waals surface area contributed by atoms with E-state index in [0.29, 0.717) is 23.9 Å². The lowest BCUT2D eigenvalue weighted by Crippen LogP contribution is -2.45. The minimum atomic E-state index is -1.09. The molecular formula is C13H17ClN2O4. The summed E-state index contributed by atoms with van der Waals surface area (Å²) < 4.78 is 4.90. The Morgan fingerprint density at radius 1 is 1.30 bits per heavy atom. The fourth-order valence-electron chi connectivity index (χ4n) is 1.56. The molecule has 6 nitrogen and oxygen atoms in total. The number of benzene rings is 1. The quantitative estimate of drug-likeness (QED) is 0.871. The third kappa shape index (κ3) is 4.71. The van der Waals surface area contributed by atoms with Gasteiger partial charge in [-0.05, 0) is 24.3 Å². The normalized spacial score (nSPS) is 10.2. The van der Waals surface area contributed by atoms with Gasteiger partial charge in [0.15, 0.2) is 0 Å². The van der Waals surface area contributed by atoms with Gasteiger partial charge in [0.05, 0.1) is 6.61 Å². The largest absolute Gasteiger partial charge is 0.480 e. The van der Waals surface area contributed by atoms with E-state index in [-0.39, 0.29) is 0 Å². The molecule has 20 heavy (non-hydrogen) atoms. The number of rotatable bonds is 6. The van der Waals surface area contributed by atoms with E-state index in [1.54, 1.807) is 31.3 Å². The number of nitrogens with zero attached hydrogens (tertiary/aromatic N) is 2. The Morgan fingerprint density at radius 3 is 2.40 bits per heavy atom. The van der Waals surface area contributed by atoms with Gasteiger partial charge < -0.3 is 14.7 Å². The lowest BCUT2D eigenvalue weighted by Gasteiger charge is -2.27. The molecule has 1 N–H and O–H groups in total. The summed E-state index contributed by atoms with van der Waals surface area (Å²) in [7, 11) is 3.12. The molecule has 0 atom stereocenters. The Morgan fingerprint density at radius 2 is 1.90 bits per heavy atom. The van der Waals surface area contributed by atoms with Gasteiger partial charge in [-0.25, -0.2) is 4.79 Å². The number of methoxy groups -OCH3 is 1. The number of urea groups is 1. The molecule has 0 radical (unpaired) electrons. The predicted molar refractivity (Wildman–Crippen MR) is 76.3 cm³/mol. The lowest BCUT2D eigenvalue weighted by molar-refractivity contribution is -0.135. The Hall–Kier alpha value is -1.79. The number of anilines is 1. The monoisotopic (exact) mass is 300 g/mol. The Kier molecular flexibility index (Phi) is 6.27. The topological polar surface area (TPSA) is 70.1 Å². The summed E-state index contributed by atoms with van der Waals surface area (Å²) in [5.74, 6) is -1.09. The van der Waals surface area contributed by atoms with E-state index in [1.165, 1.54) is 16.9 Å². The van der Waals surface area contributed by atoms with Crippen molar-refractivity contribution in [3.05, 3.63) is 29.3 Å². The van der Waals surface area contributed by atoms with Gasteiger partial charge in [0.25, 0.3) is 0 Å². The smallest absolute Gasteiger partial charge is 0.324 e. The van der Waals surface area contributed by atoms with Gasteiger partial charge in [0.1, 0.15) is 6.54 Å². The van der Waals surface area contributed by atoms with Crippen LogP contribution in [0.15, 0.2) is 24.3 Å². The molecule has 1 rings (SSSR count). The molecule has 0 aliphatic carbocycles. The van der Waals surface area contributed by atoms with Crippen molar-refractivity contribution >= 4 is 29.3 Å². The maximum Gasteiger partial charge on any atom is 0.324 e. The molecule has 0 fully saturated rings. The van der Waals surface area contributed by atoms with Crippen molar-refractivity contribution in [2.45, 2.75) is 0 Å². The maximum absolute atomic E-state index is 12.3. The first-order chi connectivity index (χ1) is 9.45. The van der Waals surface area contributed by atoms with Crippen LogP contribution < -0.4 is 4.90 Å². The number of aliphatic carboxylic acids is 1. The van der Waals surface area contributed by atoms with Gasteiger partial charge in [-0.3, -0.25) is 9.69 Å². The third-order valence-corrected chi connectivity index (χ3v) is 2.87. The average Bonchev–Trinajstić information content (AvgIpc) is 2.42. The molecule has 0 heterocycles. The fourth-order valence-corrected chi connectivity index (χ4v) is 1.68. The molecule has 0 saturated carbocycles. The first kappa shape index (κ1) is 16.3. The number of amides is 2. The molecule has 0 unspecified atom stereocenters. The first-order valence-corrected chi connectivity index (χ1v) is 6.32. The number of carboxylic acids is 1. The highest BCUT2D eigenvalue weighted by molar-refractivity contribution is 6.30. The number of ether oxygens (including phenoxy) is 1. The van der Waals surface area contributed by atoms with Crippen LogP contribution in [0, 0.1) is 0 Å². The minimum absolute atomic E-state index is 0.374. The van der Waals surface area contributed by atoms with Crippen molar-refractivity contribution in [1.82, 2.24) is 4.90 Å². The van der Waals surface area contributed by atoms with Crippen LogP contribution in [-0.4, -0.2) is 55.9 Å². The fraction of sp³-hybridized carbons (Fsp3) is 0.385. The van der Waals surface area contributed by atoms with E-state index < -0.39 is 18.5 Å².